The quantitative estimate of drug-likeness (QED) is 0.603. The first-order chi connectivity index (χ1) is 9.02. The highest BCUT2D eigenvalue weighted by atomic mass is 35.5. The number of thiophene rings is 1. The van der Waals surface area contributed by atoms with E-state index in [1.54, 1.807) is 18.4 Å². The average molecular weight is 301 g/mol. The van der Waals surface area contributed by atoms with Crippen molar-refractivity contribution in [3.63, 3.8) is 0 Å². The van der Waals surface area contributed by atoms with E-state index >= 15 is 0 Å². The van der Waals surface area contributed by atoms with Crippen molar-refractivity contribution in [2.75, 3.05) is 13.7 Å². The third kappa shape index (κ3) is 3.86. The summed E-state index contributed by atoms with van der Waals surface area (Å²) in [7, 11) is 1.70. The zero-order chi connectivity index (χ0) is 13.9. The number of hydrogen-bond acceptors (Lipinski definition) is 5. The molecule has 0 radical (unpaired) electrons. The number of fused-ring (bicyclic) bond motifs is 1. The van der Waals surface area contributed by atoms with E-state index in [9.17, 15) is 0 Å². The fraction of sp³-hybridized carbons (Fsp3) is 0.538. The fourth-order valence-corrected chi connectivity index (χ4v) is 2.60. The minimum Gasteiger partial charge on any atom is -0.379 e. The Morgan fingerprint density at radius 1 is 1.37 bits per heavy atom. The van der Waals surface area contributed by atoms with Crippen LogP contribution in [-0.2, 0) is 16.1 Å². The van der Waals surface area contributed by atoms with Crippen LogP contribution in [0.15, 0.2) is 11.4 Å². The summed E-state index contributed by atoms with van der Waals surface area (Å²) in [5.41, 5.74) is -0.170. The molecule has 0 aliphatic carbocycles. The Bertz CT molecular complexity index is 557. The molecule has 2 rings (SSSR count). The molecule has 4 nitrogen and oxygen atoms in total. The second-order valence-corrected chi connectivity index (χ2v) is 6.09. The summed E-state index contributed by atoms with van der Waals surface area (Å²) in [6, 6.07) is 1.92. The summed E-state index contributed by atoms with van der Waals surface area (Å²) in [6.45, 7) is 5.03. The van der Waals surface area contributed by atoms with E-state index in [2.05, 4.69) is 9.97 Å². The number of ether oxygens (including phenoxy) is 2. The standard InChI is InChI=1S/C13H17ClN2O2S/c1-13(2,17-3)5-6-18-8-10-15-11(14)9-4-7-19-12(9)16-10/h4,7H,5-6,8H2,1-3H3. The van der Waals surface area contributed by atoms with Gasteiger partial charge in [0.05, 0.1) is 5.60 Å². The molecule has 0 aromatic carbocycles. The Morgan fingerprint density at radius 3 is 2.89 bits per heavy atom. The highest BCUT2D eigenvalue weighted by Crippen LogP contribution is 2.24. The predicted octanol–water partition coefficient (Wildman–Crippen LogP) is 3.68. The second-order valence-electron chi connectivity index (χ2n) is 4.84. The van der Waals surface area contributed by atoms with Crippen molar-refractivity contribution in [3.05, 3.63) is 22.4 Å². The summed E-state index contributed by atoms with van der Waals surface area (Å²) in [5, 5.41) is 3.34. The first-order valence-electron chi connectivity index (χ1n) is 6.04. The van der Waals surface area contributed by atoms with Gasteiger partial charge in [-0.3, -0.25) is 0 Å². The summed E-state index contributed by atoms with van der Waals surface area (Å²) in [6.07, 6.45) is 0.818. The van der Waals surface area contributed by atoms with E-state index in [0.717, 1.165) is 16.6 Å². The van der Waals surface area contributed by atoms with Crippen molar-refractivity contribution in [1.82, 2.24) is 9.97 Å². The Hall–Kier alpha value is -0.750. The number of hydrogen-bond donors (Lipinski definition) is 0. The van der Waals surface area contributed by atoms with Gasteiger partial charge in [0, 0.05) is 19.1 Å². The normalized spacial score (nSPS) is 12.2. The van der Waals surface area contributed by atoms with Crippen LogP contribution in [0, 0.1) is 0 Å². The van der Waals surface area contributed by atoms with E-state index in [-0.39, 0.29) is 5.60 Å². The lowest BCUT2D eigenvalue weighted by Gasteiger charge is -2.22. The molecule has 0 amide bonds. The van der Waals surface area contributed by atoms with Crippen LogP contribution in [0.2, 0.25) is 5.15 Å². The largest absolute Gasteiger partial charge is 0.379 e. The summed E-state index contributed by atoms with van der Waals surface area (Å²) in [5.74, 6) is 0.621. The predicted molar refractivity (Wildman–Crippen MR) is 77.8 cm³/mol. The minimum absolute atomic E-state index is 0.170. The minimum atomic E-state index is -0.170. The molecule has 0 atom stereocenters. The molecule has 0 N–H and O–H groups in total. The Kier molecular flexibility index (Phi) is 4.73. The Labute approximate surface area is 121 Å². The van der Waals surface area contributed by atoms with Gasteiger partial charge in [0.25, 0.3) is 0 Å². The number of aromatic nitrogens is 2. The maximum atomic E-state index is 6.09. The molecular formula is C13H17ClN2O2S. The molecule has 0 unspecified atom stereocenters. The first-order valence-corrected chi connectivity index (χ1v) is 7.30. The van der Waals surface area contributed by atoms with Gasteiger partial charge in [-0.05, 0) is 31.7 Å². The molecule has 19 heavy (non-hydrogen) atoms. The van der Waals surface area contributed by atoms with Gasteiger partial charge in [0.1, 0.15) is 16.6 Å². The lowest BCUT2D eigenvalue weighted by Crippen LogP contribution is -2.24. The van der Waals surface area contributed by atoms with Gasteiger partial charge in [0.15, 0.2) is 5.82 Å². The molecule has 0 saturated carbocycles. The van der Waals surface area contributed by atoms with Crippen molar-refractivity contribution < 1.29 is 9.47 Å². The molecule has 0 fully saturated rings. The highest BCUT2D eigenvalue weighted by molar-refractivity contribution is 7.16. The summed E-state index contributed by atoms with van der Waals surface area (Å²) in [4.78, 5) is 9.55. The zero-order valence-electron chi connectivity index (χ0n) is 11.3. The lowest BCUT2D eigenvalue weighted by molar-refractivity contribution is -0.0131. The van der Waals surface area contributed by atoms with Crippen LogP contribution in [0.1, 0.15) is 26.1 Å². The Morgan fingerprint density at radius 2 is 2.16 bits per heavy atom. The number of nitrogens with zero attached hydrogens (tertiary/aromatic N) is 2. The number of methoxy groups -OCH3 is 1. The van der Waals surface area contributed by atoms with E-state index in [1.807, 2.05) is 25.3 Å². The second kappa shape index (κ2) is 6.13. The van der Waals surface area contributed by atoms with Gasteiger partial charge < -0.3 is 9.47 Å². The fourth-order valence-electron chi connectivity index (χ4n) is 1.51. The first kappa shape index (κ1) is 14.7. The highest BCUT2D eigenvalue weighted by Gasteiger charge is 2.15. The van der Waals surface area contributed by atoms with Crippen LogP contribution in [0.3, 0.4) is 0 Å². The van der Waals surface area contributed by atoms with Gasteiger partial charge in [0.2, 0.25) is 0 Å². The molecule has 2 heterocycles. The molecule has 0 aliphatic heterocycles. The van der Waals surface area contributed by atoms with Crippen molar-refractivity contribution >= 4 is 33.2 Å². The van der Waals surface area contributed by atoms with Crippen LogP contribution in [-0.4, -0.2) is 29.3 Å². The maximum Gasteiger partial charge on any atom is 0.157 e. The zero-order valence-corrected chi connectivity index (χ0v) is 12.8. The molecule has 2 aromatic heterocycles. The van der Waals surface area contributed by atoms with Crippen molar-refractivity contribution in [1.29, 1.82) is 0 Å². The van der Waals surface area contributed by atoms with E-state index in [0.29, 0.717) is 24.2 Å². The van der Waals surface area contributed by atoms with Gasteiger partial charge in [-0.15, -0.1) is 11.3 Å². The van der Waals surface area contributed by atoms with E-state index in [4.69, 9.17) is 21.1 Å². The number of halogens is 1. The lowest BCUT2D eigenvalue weighted by atomic mass is 10.1. The smallest absolute Gasteiger partial charge is 0.157 e. The van der Waals surface area contributed by atoms with Crippen LogP contribution >= 0.6 is 22.9 Å². The average Bonchev–Trinajstić information content (AvgIpc) is 2.83. The van der Waals surface area contributed by atoms with Gasteiger partial charge in [-0.2, -0.15) is 0 Å². The molecule has 6 heteroatoms. The topological polar surface area (TPSA) is 44.2 Å². The van der Waals surface area contributed by atoms with Crippen LogP contribution in [0.4, 0.5) is 0 Å². The van der Waals surface area contributed by atoms with Crippen LogP contribution in [0.25, 0.3) is 10.2 Å². The molecule has 0 bridgehead atoms. The van der Waals surface area contributed by atoms with Crippen molar-refractivity contribution in [3.8, 4) is 0 Å². The molecule has 2 aromatic rings. The molecule has 0 saturated heterocycles. The van der Waals surface area contributed by atoms with Gasteiger partial charge >= 0.3 is 0 Å². The van der Waals surface area contributed by atoms with Gasteiger partial charge in [-0.1, -0.05) is 11.6 Å². The maximum absolute atomic E-state index is 6.09. The van der Waals surface area contributed by atoms with E-state index < -0.39 is 0 Å². The Balaban J connectivity index is 1.91. The van der Waals surface area contributed by atoms with Crippen LogP contribution < -0.4 is 0 Å². The summed E-state index contributed by atoms with van der Waals surface area (Å²) >= 11 is 7.64. The van der Waals surface area contributed by atoms with Crippen LogP contribution in [0.5, 0.6) is 0 Å². The van der Waals surface area contributed by atoms with E-state index in [1.165, 1.54) is 0 Å². The molecular weight excluding hydrogens is 284 g/mol. The summed E-state index contributed by atoms with van der Waals surface area (Å²) < 4.78 is 10.9. The SMILES string of the molecule is COC(C)(C)CCOCc1nc(Cl)c2ccsc2n1. The van der Waals surface area contributed by atoms with Crippen molar-refractivity contribution in [2.45, 2.75) is 32.5 Å². The third-order valence-electron chi connectivity index (χ3n) is 2.96. The molecule has 0 aliphatic rings. The molecule has 104 valence electrons. The third-order valence-corrected chi connectivity index (χ3v) is 4.05. The number of rotatable bonds is 6. The van der Waals surface area contributed by atoms with Crippen molar-refractivity contribution in [2.24, 2.45) is 0 Å². The monoisotopic (exact) mass is 300 g/mol. The molecule has 0 spiro atoms. The van der Waals surface area contributed by atoms with Gasteiger partial charge in [-0.25, -0.2) is 9.97 Å².